The van der Waals surface area contributed by atoms with Gasteiger partial charge >= 0.3 is 0 Å². The Hall–Kier alpha value is -2.94. The molecule has 1 amide bonds. The minimum Gasteiger partial charge on any atom is -0.497 e. The fourth-order valence-electron chi connectivity index (χ4n) is 3.31. The number of fused-ring (bicyclic) bond motifs is 1. The highest BCUT2D eigenvalue weighted by Crippen LogP contribution is 2.36. The number of carbonyl (C=O) groups excluding carboxylic acids is 1. The molecule has 4 rings (SSSR count). The van der Waals surface area contributed by atoms with Gasteiger partial charge in [-0.3, -0.25) is 4.79 Å². The van der Waals surface area contributed by atoms with Gasteiger partial charge in [-0.2, -0.15) is 0 Å². The molecule has 0 spiro atoms. The molecule has 158 valence electrons. The Morgan fingerprint density at radius 2 is 1.97 bits per heavy atom. The molecule has 2 aromatic heterocycles. The summed E-state index contributed by atoms with van der Waals surface area (Å²) in [5.74, 6) is 0.415. The molecule has 0 saturated heterocycles. The fourth-order valence-corrected chi connectivity index (χ4v) is 4.73. The Labute approximate surface area is 191 Å². The van der Waals surface area contributed by atoms with Gasteiger partial charge in [-0.1, -0.05) is 34.1 Å². The van der Waals surface area contributed by atoms with E-state index in [2.05, 4.69) is 26.2 Å². The zero-order chi connectivity index (χ0) is 22.1. The van der Waals surface area contributed by atoms with E-state index in [1.54, 1.807) is 37.4 Å². The molecule has 0 fully saturated rings. The highest BCUT2D eigenvalue weighted by atomic mass is 79.9. The number of hydrogen-bond acceptors (Lipinski definition) is 6. The van der Waals surface area contributed by atoms with Crippen LogP contribution >= 0.6 is 27.3 Å². The number of nitrogen functional groups attached to an aromatic ring is 1. The van der Waals surface area contributed by atoms with E-state index >= 15 is 0 Å². The van der Waals surface area contributed by atoms with Crippen LogP contribution in [-0.4, -0.2) is 23.1 Å². The van der Waals surface area contributed by atoms with Crippen molar-refractivity contribution in [1.29, 1.82) is 0 Å². The molecule has 6 nitrogen and oxygen atoms in total. The van der Waals surface area contributed by atoms with Gasteiger partial charge in [0, 0.05) is 26.8 Å². The zero-order valence-corrected chi connectivity index (χ0v) is 19.3. The van der Waals surface area contributed by atoms with Crippen molar-refractivity contribution >= 4 is 54.8 Å². The molecule has 1 unspecified atom stereocenters. The second kappa shape index (κ2) is 8.66. The first-order chi connectivity index (χ1) is 14.9. The number of nitrogens with zero attached hydrogens (tertiary/aromatic N) is 1. The summed E-state index contributed by atoms with van der Waals surface area (Å²) in [5, 5.41) is 14.4. The number of anilines is 2. The molecule has 4 aromatic rings. The van der Waals surface area contributed by atoms with Crippen LogP contribution < -0.4 is 15.8 Å². The summed E-state index contributed by atoms with van der Waals surface area (Å²) in [6, 6.07) is 16.4. The van der Waals surface area contributed by atoms with E-state index in [4.69, 9.17) is 10.5 Å². The standard InChI is InChI=1S/C23H20BrN3O3S/c1-12-17(20(28)13-6-8-16(30-2)9-7-13)11-18-19(25)21(31-23(18)26-12)22(29)27-15-5-3-4-14(24)10-15/h3-11,20,28H,25H2,1-2H3,(H,27,29). The van der Waals surface area contributed by atoms with Gasteiger partial charge in [0.25, 0.3) is 5.91 Å². The van der Waals surface area contributed by atoms with Crippen LogP contribution in [0.15, 0.2) is 59.1 Å². The lowest BCUT2D eigenvalue weighted by Gasteiger charge is -2.14. The van der Waals surface area contributed by atoms with Crippen molar-refractivity contribution in [2.24, 2.45) is 0 Å². The van der Waals surface area contributed by atoms with Crippen LogP contribution in [0, 0.1) is 6.92 Å². The number of hydrogen-bond donors (Lipinski definition) is 3. The Bertz CT molecular complexity index is 1270. The van der Waals surface area contributed by atoms with E-state index in [1.807, 2.05) is 31.2 Å². The summed E-state index contributed by atoms with van der Waals surface area (Å²) in [6.45, 7) is 1.83. The molecule has 31 heavy (non-hydrogen) atoms. The lowest BCUT2D eigenvalue weighted by Crippen LogP contribution is -2.11. The van der Waals surface area contributed by atoms with Crippen molar-refractivity contribution in [3.63, 3.8) is 0 Å². The molecule has 0 aliphatic heterocycles. The quantitative estimate of drug-likeness (QED) is 0.347. The maximum absolute atomic E-state index is 12.8. The molecule has 0 saturated carbocycles. The molecule has 0 radical (unpaired) electrons. The summed E-state index contributed by atoms with van der Waals surface area (Å²) in [7, 11) is 1.59. The summed E-state index contributed by atoms with van der Waals surface area (Å²) in [5.41, 5.74) is 9.37. The van der Waals surface area contributed by atoms with Gasteiger partial charge in [0.2, 0.25) is 0 Å². The van der Waals surface area contributed by atoms with Crippen LogP contribution in [0.3, 0.4) is 0 Å². The number of aliphatic hydroxyl groups excluding tert-OH is 1. The minimum atomic E-state index is -0.874. The Kier molecular flexibility index (Phi) is 5.95. The molecule has 2 heterocycles. The van der Waals surface area contributed by atoms with E-state index < -0.39 is 6.10 Å². The van der Waals surface area contributed by atoms with Crippen LogP contribution in [-0.2, 0) is 0 Å². The number of aryl methyl sites for hydroxylation is 1. The summed E-state index contributed by atoms with van der Waals surface area (Å²) in [4.78, 5) is 18.5. The normalized spacial score (nSPS) is 12.0. The number of thiophene rings is 1. The molecule has 2 aromatic carbocycles. The zero-order valence-electron chi connectivity index (χ0n) is 16.8. The number of pyridine rings is 1. The topological polar surface area (TPSA) is 97.5 Å². The van der Waals surface area contributed by atoms with Crippen LogP contribution in [0.4, 0.5) is 11.4 Å². The number of benzene rings is 2. The van der Waals surface area contributed by atoms with Gasteiger partial charge < -0.3 is 20.9 Å². The molecule has 1 atom stereocenters. The second-order valence-electron chi connectivity index (χ2n) is 7.00. The minimum absolute atomic E-state index is 0.298. The van der Waals surface area contributed by atoms with Crippen molar-refractivity contribution in [3.8, 4) is 5.75 Å². The van der Waals surface area contributed by atoms with Crippen molar-refractivity contribution in [1.82, 2.24) is 4.98 Å². The number of carbonyl (C=O) groups is 1. The predicted molar refractivity (Wildman–Crippen MR) is 128 cm³/mol. The second-order valence-corrected chi connectivity index (χ2v) is 8.92. The maximum Gasteiger partial charge on any atom is 0.267 e. The first-order valence-electron chi connectivity index (χ1n) is 9.46. The van der Waals surface area contributed by atoms with Gasteiger partial charge in [-0.15, -0.1) is 11.3 Å². The van der Waals surface area contributed by atoms with E-state index in [1.165, 1.54) is 11.3 Å². The maximum atomic E-state index is 12.8. The number of amides is 1. The number of nitrogens with two attached hydrogens (primary N) is 1. The monoisotopic (exact) mass is 497 g/mol. The van der Waals surface area contributed by atoms with Crippen molar-refractivity contribution < 1.29 is 14.6 Å². The molecule has 4 N–H and O–H groups in total. The molecule has 0 aliphatic carbocycles. The van der Waals surface area contributed by atoms with Gasteiger partial charge in [0.1, 0.15) is 21.6 Å². The largest absolute Gasteiger partial charge is 0.497 e. The number of rotatable bonds is 5. The van der Waals surface area contributed by atoms with Crippen molar-refractivity contribution in [2.75, 3.05) is 18.2 Å². The molecule has 0 bridgehead atoms. The number of aliphatic hydroxyl groups is 1. The average molecular weight is 498 g/mol. The van der Waals surface area contributed by atoms with E-state index in [-0.39, 0.29) is 5.91 Å². The highest BCUT2D eigenvalue weighted by molar-refractivity contribution is 9.10. The summed E-state index contributed by atoms with van der Waals surface area (Å²) < 4.78 is 6.04. The third kappa shape index (κ3) is 4.27. The summed E-state index contributed by atoms with van der Waals surface area (Å²) in [6.07, 6.45) is -0.874. The van der Waals surface area contributed by atoms with Crippen molar-refractivity contribution in [2.45, 2.75) is 13.0 Å². The average Bonchev–Trinajstić information content (AvgIpc) is 3.08. The number of halogens is 1. The van der Waals surface area contributed by atoms with Gasteiger partial charge in [-0.05, 0) is 48.9 Å². The number of aromatic nitrogens is 1. The third-order valence-electron chi connectivity index (χ3n) is 4.97. The van der Waals surface area contributed by atoms with Crippen molar-refractivity contribution in [3.05, 3.63) is 80.8 Å². The van der Waals surface area contributed by atoms with Gasteiger partial charge in [0.15, 0.2) is 0 Å². The van der Waals surface area contributed by atoms with Gasteiger partial charge in [-0.25, -0.2) is 4.98 Å². The number of ether oxygens (including phenoxy) is 1. The molecule has 0 aliphatic rings. The number of methoxy groups -OCH3 is 1. The Balaban J connectivity index is 1.68. The fraction of sp³-hybridized carbons (Fsp3) is 0.130. The Morgan fingerprint density at radius 3 is 2.65 bits per heavy atom. The first-order valence-corrected chi connectivity index (χ1v) is 11.1. The van der Waals surface area contributed by atoms with E-state index in [9.17, 15) is 9.90 Å². The SMILES string of the molecule is COc1ccc(C(O)c2cc3c(N)c(C(=O)Nc4cccc(Br)c4)sc3nc2C)cc1. The smallest absolute Gasteiger partial charge is 0.267 e. The number of nitrogens with one attached hydrogen (secondary N) is 1. The summed E-state index contributed by atoms with van der Waals surface area (Å²) >= 11 is 4.63. The molecule has 8 heteroatoms. The van der Waals surface area contributed by atoms with Crippen LogP contribution in [0.2, 0.25) is 0 Å². The van der Waals surface area contributed by atoms with E-state index in [0.717, 1.165) is 4.47 Å². The third-order valence-corrected chi connectivity index (χ3v) is 6.57. The van der Waals surface area contributed by atoms with Crippen LogP contribution in [0.25, 0.3) is 10.2 Å². The lowest BCUT2D eigenvalue weighted by atomic mass is 9.99. The van der Waals surface area contributed by atoms with E-state index in [0.29, 0.717) is 49.0 Å². The Morgan fingerprint density at radius 1 is 1.23 bits per heavy atom. The highest BCUT2D eigenvalue weighted by Gasteiger charge is 2.21. The molecular weight excluding hydrogens is 478 g/mol. The first kappa shape index (κ1) is 21.3. The lowest BCUT2D eigenvalue weighted by molar-refractivity contribution is 0.103. The molecular formula is C23H20BrN3O3S. The van der Waals surface area contributed by atoms with Gasteiger partial charge in [0.05, 0.1) is 12.8 Å². The predicted octanol–water partition coefficient (Wildman–Crippen LogP) is 5.29. The van der Waals surface area contributed by atoms with Crippen LogP contribution in [0.5, 0.6) is 5.75 Å². The van der Waals surface area contributed by atoms with Crippen LogP contribution in [0.1, 0.15) is 32.6 Å².